The van der Waals surface area contributed by atoms with Gasteiger partial charge in [-0.25, -0.2) is 4.98 Å². The van der Waals surface area contributed by atoms with Gasteiger partial charge in [0.05, 0.1) is 27.8 Å². The van der Waals surface area contributed by atoms with Crippen LogP contribution in [0, 0.1) is 0 Å². The van der Waals surface area contributed by atoms with Crippen LogP contribution in [0.4, 0.5) is 0 Å². The molecule has 10 aromatic rings. The molecular weight excluding hydrogens is 679 g/mol. The van der Waals surface area contributed by atoms with Crippen LogP contribution in [-0.4, -0.2) is 14.1 Å². The minimum Gasteiger partial charge on any atom is -0.309 e. The van der Waals surface area contributed by atoms with Crippen molar-refractivity contribution in [3.63, 3.8) is 0 Å². The Bertz CT molecular complexity index is 3160. The van der Waals surface area contributed by atoms with Crippen molar-refractivity contribution in [2.24, 2.45) is 0 Å². The van der Waals surface area contributed by atoms with E-state index < -0.39 is 5.41 Å². The van der Waals surface area contributed by atoms with Crippen LogP contribution in [0.3, 0.4) is 0 Å². The SMILES string of the molecule is CC1(C)c2ccccc2-c2cc3c4cc(-c5ccc6c(c5)C(c5ccccc5)(c5ccccc5)c5nc7ccccc7n5-6)ccc4n(-c4ccccc4)c3cc21. The molecule has 3 nitrogen and oxygen atoms in total. The smallest absolute Gasteiger partial charge is 0.134 e. The van der Waals surface area contributed by atoms with Crippen molar-refractivity contribution in [2.45, 2.75) is 24.7 Å². The van der Waals surface area contributed by atoms with Gasteiger partial charge in [-0.1, -0.05) is 141 Å². The van der Waals surface area contributed by atoms with Crippen LogP contribution < -0.4 is 0 Å². The van der Waals surface area contributed by atoms with Gasteiger partial charge in [0, 0.05) is 21.9 Å². The molecule has 0 N–H and O–H groups in total. The fraction of sp³-hybridized carbons (Fsp3) is 0.0755. The van der Waals surface area contributed by atoms with Gasteiger partial charge in [0.15, 0.2) is 0 Å². The molecule has 0 atom stereocenters. The van der Waals surface area contributed by atoms with E-state index in [0.717, 1.165) is 16.9 Å². The second kappa shape index (κ2) is 11.3. The summed E-state index contributed by atoms with van der Waals surface area (Å²) in [5, 5.41) is 2.52. The van der Waals surface area contributed by atoms with Crippen molar-refractivity contribution >= 4 is 32.8 Å². The van der Waals surface area contributed by atoms with E-state index in [1.54, 1.807) is 0 Å². The van der Waals surface area contributed by atoms with Crippen molar-refractivity contribution < 1.29 is 0 Å². The Morgan fingerprint density at radius 1 is 0.429 bits per heavy atom. The highest BCUT2D eigenvalue weighted by Crippen LogP contribution is 2.54. The monoisotopic (exact) mass is 715 g/mol. The lowest BCUT2D eigenvalue weighted by Gasteiger charge is -2.31. The molecule has 3 heteroatoms. The van der Waals surface area contributed by atoms with E-state index in [9.17, 15) is 0 Å². The molecule has 0 radical (unpaired) electrons. The van der Waals surface area contributed by atoms with Gasteiger partial charge in [-0.05, 0) is 111 Å². The van der Waals surface area contributed by atoms with Gasteiger partial charge in [-0.15, -0.1) is 0 Å². The summed E-state index contributed by atoms with van der Waals surface area (Å²) in [4.78, 5) is 5.44. The third kappa shape index (κ3) is 4.04. The topological polar surface area (TPSA) is 22.8 Å². The average molecular weight is 716 g/mol. The summed E-state index contributed by atoms with van der Waals surface area (Å²) in [6.45, 7) is 4.73. The molecule has 56 heavy (non-hydrogen) atoms. The Morgan fingerprint density at radius 2 is 1.05 bits per heavy atom. The molecular formula is C53H37N3. The zero-order chi connectivity index (χ0) is 37.2. The first-order valence-corrected chi connectivity index (χ1v) is 19.6. The number of hydrogen-bond donors (Lipinski definition) is 0. The lowest BCUT2D eigenvalue weighted by molar-refractivity contribution is 0.661. The number of para-hydroxylation sites is 3. The highest BCUT2D eigenvalue weighted by molar-refractivity contribution is 6.12. The first-order chi connectivity index (χ1) is 27.5. The Morgan fingerprint density at radius 3 is 1.82 bits per heavy atom. The maximum atomic E-state index is 5.44. The fourth-order valence-corrected chi connectivity index (χ4v) is 10.2. The average Bonchev–Trinajstić information content (AvgIpc) is 3.94. The zero-order valence-corrected chi connectivity index (χ0v) is 31.2. The third-order valence-electron chi connectivity index (χ3n) is 12.8. The van der Waals surface area contributed by atoms with E-state index in [0.29, 0.717) is 0 Å². The predicted octanol–water partition coefficient (Wildman–Crippen LogP) is 12.8. The van der Waals surface area contributed by atoms with E-state index in [1.165, 1.54) is 83.3 Å². The van der Waals surface area contributed by atoms with Gasteiger partial charge < -0.3 is 4.57 Å². The lowest BCUT2D eigenvalue weighted by atomic mass is 9.69. The Hall–Kier alpha value is -6.97. The minimum atomic E-state index is -0.610. The van der Waals surface area contributed by atoms with Gasteiger partial charge in [-0.3, -0.25) is 4.57 Å². The summed E-state index contributed by atoms with van der Waals surface area (Å²) in [5.74, 6) is 1.03. The van der Waals surface area contributed by atoms with Gasteiger partial charge in [0.25, 0.3) is 0 Å². The van der Waals surface area contributed by atoms with Crippen LogP contribution in [0.2, 0.25) is 0 Å². The molecule has 1 aliphatic heterocycles. The van der Waals surface area contributed by atoms with Crippen LogP contribution in [-0.2, 0) is 10.8 Å². The van der Waals surface area contributed by atoms with Crippen molar-refractivity contribution in [3.8, 4) is 33.6 Å². The molecule has 0 amide bonds. The molecule has 0 saturated heterocycles. The number of hydrogen-bond acceptors (Lipinski definition) is 1. The maximum absolute atomic E-state index is 5.44. The zero-order valence-electron chi connectivity index (χ0n) is 31.2. The van der Waals surface area contributed by atoms with Crippen LogP contribution in [0.1, 0.15) is 47.5 Å². The molecule has 1 aliphatic carbocycles. The maximum Gasteiger partial charge on any atom is 0.134 e. The van der Waals surface area contributed by atoms with Crippen molar-refractivity contribution in [3.05, 3.63) is 222 Å². The van der Waals surface area contributed by atoms with Gasteiger partial charge in [0.1, 0.15) is 11.2 Å². The summed E-state index contributed by atoms with van der Waals surface area (Å²) in [6.07, 6.45) is 0. The Labute approximate surface area is 325 Å². The first-order valence-electron chi connectivity index (χ1n) is 19.6. The highest BCUT2D eigenvalue weighted by atomic mass is 15.1. The number of nitrogens with zero attached hydrogens (tertiary/aromatic N) is 3. The standard InChI is InChI=1S/C53H37N3/c1-52(2)43-23-13-12-22-39(43)40-32-42-41-30-34(26-28-47(41)55(50(42)33-44(40)52)38-20-10-5-11-21-38)35-27-29-48-45(31-35)53(36-16-6-3-7-17-36,37-18-8-4-9-19-37)51-54-46-24-14-15-25-49(46)56(48)51/h3-33H,1-2H3. The molecule has 12 rings (SSSR count). The van der Waals surface area contributed by atoms with Crippen LogP contribution in [0.5, 0.6) is 0 Å². The second-order valence-corrected chi connectivity index (χ2v) is 16.0. The van der Waals surface area contributed by atoms with Crippen LogP contribution >= 0.6 is 0 Å². The number of benzene rings is 8. The van der Waals surface area contributed by atoms with Gasteiger partial charge in [0.2, 0.25) is 0 Å². The molecule has 0 fully saturated rings. The molecule has 8 aromatic carbocycles. The number of rotatable bonds is 4. The number of imidazole rings is 1. The first kappa shape index (κ1) is 31.4. The highest BCUT2D eigenvalue weighted by Gasteiger charge is 2.49. The van der Waals surface area contributed by atoms with Crippen molar-refractivity contribution in [2.75, 3.05) is 0 Å². The molecule has 0 unspecified atom stereocenters. The van der Waals surface area contributed by atoms with E-state index in [4.69, 9.17) is 4.98 Å². The number of fused-ring (bicyclic) bond motifs is 11. The molecule has 2 aliphatic rings. The molecule has 2 aromatic heterocycles. The summed E-state index contributed by atoms with van der Waals surface area (Å²) in [5.41, 5.74) is 17.7. The van der Waals surface area contributed by atoms with E-state index in [1.807, 2.05) is 0 Å². The third-order valence-corrected chi connectivity index (χ3v) is 12.8. The largest absolute Gasteiger partial charge is 0.309 e. The van der Waals surface area contributed by atoms with Crippen molar-refractivity contribution in [1.82, 2.24) is 14.1 Å². The Balaban J connectivity index is 1.13. The van der Waals surface area contributed by atoms with Crippen LogP contribution in [0.25, 0.3) is 66.5 Å². The molecule has 3 heterocycles. The normalized spacial score (nSPS) is 14.5. The second-order valence-electron chi connectivity index (χ2n) is 16.0. The molecule has 0 bridgehead atoms. The van der Waals surface area contributed by atoms with E-state index in [2.05, 4.69) is 211 Å². The van der Waals surface area contributed by atoms with Gasteiger partial charge >= 0.3 is 0 Å². The summed E-state index contributed by atoms with van der Waals surface area (Å²) >= 11 is 0. The minimum absolute atomic E-state index is 0.0865. The predicted molar refractivity (Wildman–Crippen MR) is 230 cm³/mol. The summed E-state index contributed by atoms with van der Waals surface area (Å²) in [7, 11) is 0. The molecule has 264 valence electrons. The quantitative estimate of drug-likeness (QED) is 0.178. The van der Waals surface area contributed by atoms with E-state index in [-0.39, 0.29) is 5.41 Å². The molecule has 0 spiro atoms. The fourth-order valence-electron chi connectivity index (χ4n) is 10.2. The Kier molecular flexibility index (Phi) is 6.32. The summed E-state index contributed by atoms with van der Waals surface area (Å²) < 4.78 is 4.85. The van der Waals surface area contributed by atoms with Crippen LogP contribution in [0.15, 0.2) is 188 Å². The van der Waals surface area contributed by atoms with E-state index >= 15 is 0 Å². The summed E-state index contributed by atoms with van der Waals surface area (Å²) in [6, 6.07) is 69.2. The number of aromatic nitrogens is 3. The lowest BCUT2D eigenvalue weighted by Crippen LogP contribution is -2.29. The van der Waals surface area contributed by atoms with Crippen molar-refractivity contribution in [1.29, 1.82) is 0 Å². The van der Waals surface area contributed by atoms with Gasteiger partial charge in [-0.2, -0.15) is 0 Å². The molecule has 0 saturated carbocycles.